The van der Waals surface area contributed by atoms with E-state index in [4.69, 9.17) is 14.5 Å². The van der Waals surface area contributed by atoms with Crippen LogP contribution in [0.1, 0.15) is 51.4 Å². The van der Waals surface area contributed by atoms with Crippen molar-refractivity contribution in [2.24, 2.45) is 13.0 Å². The second kappa shape index (κ2) is 12.3. The molecule has 2 N–H and O–H groups in total. The van der Waals surface area contributed by atoms with Crippen LogP contribution < -0.4 is 15.5 Å². The molecule has 244 valence electrons. The molecule has 0 radical (unpaired) electrons. The van der Waals surface area contributed by atoms with Crippen LogP contribution in [0.2, 0.25) is 0 Å². The Hall–Kier alpha value is -4.52. The summed E-state index contributed by atoms with van der Waals surface area (Å²) in [5.74, 6) is -0.184. The van der Waals surface area contributed by atoms with Gasteiger partial charge in [0.2, 0.25) is 5.95 Å². The summed E-state index contributed by atoms with van der Waals surface area (Å²) in [6, 6.07) is 6.31. The fraction of sp³-hybridized carbons (Fsp3) is 0.485. The van der Waals surface area contributed by atoms with E-state index in [9.17, 15) is 14.0 Å². The maximum Gasteiger partial charge on any atom is 0.410 e. The molecule has 12 nitrogen and oxygen atoms in total. The van der Waals surface area contributed by atoms with Gasteiger partial charge in [0.1, 0.15) is 11.1 Å². The smallest absolute Gasteiger partial charge is 0.410 e. The minimum absolute atomic E-state index is 0.135. The molecular formula is C33H41FN8O4. The molecule has 13 heteroatoms. The van der Waals surface area contributed by atoms with Gasteiger partial charge in [-0.25, -0.2) is 19.2 Å². The van der Waals surface area contributed by atoms with Gasteiger partial charge in [0.15, 0.2) is 5.82 Å². The van der Waals surface area contributed by atoms with Gasteiger partial charge in [-0.05, 0) is 65.3 Å². The Morgan fingerprint density at radius 2 is 1.89 bits per heavy atom. The van der Waals surface area contributed by atoms with Gasteiger partial charge >= 0.3 is 6.09 Å². The van der Waals surface area contributed by atoms with Crippen molar-refractivity contribution >= 4 is 51.1 Å². The Labute approximate surface area is 267 Å². The summed E-state index contributed by atoms with van der Waals surface area (Å²) in [4.78, 5) is 40.2. The van der Waals surface area contributed by atoms with Gasteiger partial charge in [0.25, 0.3) is 5.91 Å². The fourth-order valence-corrected chi connectivity index (χ4v) is 6.31. The molecule has 0 saturated carbocycles. The first-order valence-electron chi connectivity index (χ1n) is 15.7. The van der Waals surface area contributed by atoms with Gasteiger partial charge in [-0.2, -0.15) is 5.10 Å². The van der Waals surface area contributed by atoms with Gasteiger partial charge < -0.3 is 25.0 Å². The molecule has 2 aromatic heterocycles. The third-order valence-electron chi connectivity index (χ3n) is 8.34. The monoisotopic (exact) mass is 632 g/mol. The van der Waals surface area contributed by atoms with Crippen molar-refractivity contribution in [3.8, 4) is 0 Å². The van der Waals surface area contributed by atoms with Gasteiger partial charge in [0, 0.05) is 73.7 Å². The van der Waals surface area contributed by atoms with E-state index < -0.39 is 17.3 Å². The third-order valence-corrected chi connectivity index (χ3v) is 8.34. The highest BCUT2D eigenvalue weighted by Crippen LogP contribution is 2.33. The van der Waals surface area contributed by atoms with Gasteiger partial charge in [-0.3, -0.25) is 14.4 Å². The van der Waals surface area contributed by atoms with E-state index in [2.05, 4.69) is 25.6 Å². The number of amides is 2. The summed E-state index contributed by atoms with van der Waals surface area (Å²) in [5, 5.41) is 11.6. The lowest BCUT2D eigenvalue weighted by Crippen LogP contribution is -2.59. The van der Waals surface area contributed by atoms with E-state index in [1.54, 1.807) is 36.5 Å². The average molecular weight is 633 g/mol. The minimum Gasteiger partial charge on any atom is -0.444 e. The van der Waals surface area contributed by atoms with Crippen molar-refractivity contribution in [2.75, 3.05) is 48.4 Å². The Morgan fingerprint density at radius 1 is 1.13 bits per heavy atom. The average Bonchev–Trinajstić information content (AvgIpc) is 3.63. The normalized spacial score (nSPS) is 20.4. The Balaban J connectivity index is 1.32. The number of nitrogens with zero attached hydrogens (tertiary/aromatic N) is 6. The minimum atomic E-state index is -0.594. The second-order valence-electron chi connectivity index (χ2n) is 13.3. The van der Waals surface area contributed by atoms with Crippen LogP contribution in [-0.4, -0.2) is 87.2 Å². The lowest BCUT2D eigenvalue weighted by Gasteiger charge is -2.45. The quantitative estimate of drug-likeness (QED) is 0.295. The number of nitrogens with one attached hydrogen (secondary N) is 2. The van der Waals surface area contributed by atoms with Crippen molar-refractivity contribution in [3.05, 3.63) is 48.0 Å². The van der Waals surface area contributed by atoms with Crippen molar-refractivity contribution in [1.82, 2.24) is 24.6 Å². The number of ether oxygens (including phenoxy) is 2. The molecule has 3 atom stereocenters. The van der Waals surface area contributed by atoms with Crippen LogP contribution in [-0.2, 0) is 16.5 Å². The van der Waals surface area contributed by atoms with E-state index >= 15 is 0 Å². The zero-order chi connectivity index (χ0) is 32.7. The van der Waals surface area contributed by atoms with Gasteiger partial charge in [-0.15, -0.1) is 0 Å². The molecule has 6 rings (SSSR count). The SMILES string of the molecule is C[C@@H]1CN(c2ccc(C(=O)Nc3cc(F)c4nn(C)cc4c3)c3nc(NC[C@@H]4CCOC4)ncc23)C[C@H](C)N1C(=O)OC(C)(C)C. The summed E-state index contributed by atoms with van der Waals surface area (Å²) in [6.07, 6.45) is 4.06. The fourth-order valence-electron chi connectivity index (χ4n) is 6.31. The molecule has 0 spiro atoms. The number of anilines is 3. The Bertz CT molecular complexity index is 1770. The van der Waals surface area contributed by atoms with Crippen LogP contribution in [0.25, 0.3) is 21.8 Å². The second-order valence-corrected chi connectivity index (χ2v) is 13.3. The number of aromatic nitrogens is 4. The van der Waals surface area contributed by atoms with Crippen LogP contribution in [0.15, 0.2) is 36.7 Å². The predicted octanol–water partition coefficient (Wildman–Crippen LogP) is 5.19. The zero-order valence-corrected chi connectivity index (χ0v) is 27.1. The predicted molar refractivity (Wildman–Crippen MR) is 175 cm³/mol. The molecule has 2 amide bonds. The molecule has 2 aromatic carbocycles. The maximum atomic E-state index is 14.8. The zero-order valence-electron chi connectivity index (χ0n) is 27.1. The van der Waals surface area contributed by atoms with E-state index in [1.165, 1.54) is 10.7 Å². The highest BCUT2D eigenvalue weighted by Gasteiger charge is 2.36. The Morgan fingerprint density at radius 3 is 2.59 bits per heavy atom. The molecule has 4 aromatic rings. The highest BCUT2D eigenvalue weighted by molar-refractivity contribution is 6.14. The van der Waals surface area contributed by atoms with Crippen LogP contribution in [0.4, 0.5) is 26.5 Å². The summed E-state index contributed by atoms with van der Waals surface area (Å²) >= 11 is 0. The first-order chi connectivity index (χ1) is 21.9. The highest BCUT2D eigenvalue weighted by atomic mass is 19.1. The number of benzene rings is 2. The largest absolute Gasteiger partial charge is 0.444 e. The van der Waals surface area contributed by atoms with E-state index in [1.807, 2.05) is 40.7 Å². The van der Waals surface area contributed by atoms with Gasteiger partial charge in [-0.1, -0.05) is 0 Å². The Kier molecular flexibility index (Phi) is 8.45. The molecule has 2 saturated heterocycles. The molecule has 2 fully saturated rings. The van der Waals surface area contributed by atoms with Crippen molar-refractivity contribution in [3.63, 3.8) is 0 Å². The molecule has 0 unspecified atom stereocenters. The lowest BCUT2D eigenvalue weighted by molar-refractivity contribution is 0.00566. The number of fused-ring (bicyclic) bond motifs is 2. The van der Waals surface area contributed by atoms with Gasteiger partial charge in [0.05, 0.1) is 29.8 Å². The number of hydrogen-bond donors (Lipinski definition) is 2. The number of hydrogen-bond acceptors (Lipinski definition) is 9. The summed E-state index contributed by atoms with van der Waals surface area (Å²) < 4.78 is 27.5. The first kappa shape index (κ1) is 31.5. The van der Waals surface area contributed by atoms with Crippen molar-refractivity contribution in [2.45, 2.75) is 58.7 Å². The summed E-state index contributed by atoms with van der Waals surface area (Å²) in [6.45, 7) is 12.8. The van der Waals surface area contributed by atoms with Crippen LogP contribution in [0.5, 0.6) is 0 Å². The van der Waals surface area contributed by atoms with E-state index in [-0.39, 0.29) is 23.7 Å². The van der Waals surface area contributed by atoms with Crippen molar-refractivity contribution in [1.29, 1.82) is 0 Å². The third kappa shape index (κ3) is 6.55. The number of aryl methyl sites for hydroxylation is 1. The van der Waals surface area contributed by atoms with Crippen molar-refractivity contribution < 1.29 is 23.5 Å². The number of halogens is 1. The molecule has 4 heterocycles. The molecule has 0 aliphatic carbocycles. The van der Waals surface area contributed by atoms with Crippen LogP contribution in [0.3, 0.4) is 0 Å². The topological polar surface area (TPSA) is 127 Å². The molecule has 0 bridgehead atoms. The lowest BCUT2D eigenvalue weighted by atomic mass is 10.0. The standard InChI is InChI=1S/C33H41FN8O4/c1-19-15-41(16-20(2)42(19)32(44)46-33(3,4)5)27-8-7-24(29-25(27)14-36-31(38-29)35-13-21-9-10-45-18-21)30(43)37-23-11-22-17-40(6)39-28(22)26(34)12-23/h7-8,11-12,14,17,19-21H,9-10,13,15-16,18H2,1-6H3,(H,37,43)(H,35,36,38)/t19-,20+,21-/m0/s1. The molecular weight excluding hydrogens is 591 g/mol. The van der Waals surface area contributed by atoms with Crippen LogP contribution in [0, 0.1) is 11.7 Å². The summed E-state index contributed by atoms with van der Waals surface area (Å²) in [5.41, 5.74) is 1.61. The molecule has 2 aliphatic heterocycles. The molecule has 2 aliphatic rings. The number of carbonyl (C=O) groups excluding carboxylic acids is 2. The number of rotatable bonds is 6. The van der Waals surface area contributed by atoms with E-state index in [0.29, 0.717) is 65.6 Å². The first-order valence-corrected chi connectivity index (χ1v) is 15.7. The molecule has 46 heavy (non-hydrogen) atoms. The van der Waals surface area contributed by atoms with E-state index in [0.717, 1.165) is 18.7 Å². The van der Waals surface area contributed by atoms with Crippen LogP contribution >= 0.6 is 0 Å². The summed E-state index contributed by atoms with van der Waals surface area (Å²) in [7, 11) is 1.72. The maximum absolute atomic E-state index is 14.8. The number of piperazine rings is 1. The number of carbonyl (C=O) groups is 2.